The van der Waals surface area contributed by atoms with Crippen molar-refractivity contribution in [3.63, 3.8) is 0 Å². The van der Waals surface area contributed by atoms with Crippen LogP contribution in [0.4, 0.5) is 5.69 Å². The first-order valence-electron chi connectivity index (χ1n) is 9.74. The maximum atomic E-state index is 13.0. The highest BCUT2D eigenvalue weighted by Crippen LogP contribution is 2.20. The molecule has 1 amide bonds. The van der Waals surface area contributed by atoms with Crippen LogP contribution in [-0.2, 0) is 16.6 Å². The van der Waals surface area contributed by atoms with E-state index in [4.69, 9.17) is 0 Å². The van der Waals surface area contributed by atoms with E-state index in [9.17, 15) is 13.2 Å². The number of hydrogen-bond donors (Lipinski definition) is 2. The van der Waals surface area contributed by atoms with Crippen LogP contribution in [0.3, 0.4) is 0 Å². The summed E-state index contributed by atoms with van der Waals surface area (Å²) in [5.41, 5.74) is 1.41. The van der Waals surface area contributed by atoms with Crippen molar-refractivity contribution in [1.29, 1.82) is 0 Å². The molecule has 6 nitrogen and oxygen atoms in total. The molecule has 1 saturated heterocycles. The van der Waals surface area contributed by atoms with Gasteiger partial charge in [0, 0.05) is 41.8 Å². The van der Waals surface area contributed by atoms with Crippen LogP contribution in [0.25, 0.3) is 0 Å². The van der Waals surface area contributed by atoms with Crippen LogP contribution in [0.1, 0.15) is 21.7 Å². The Kier molecular flexibility index (Phi) is 6.17. The third kappa shape index (κ3) is 4.89. The second-order valence-corrected chi connectivity index (χ2v) is 9.98. The van der Waals surface area contributed by atoms with Gasteiger partial charge in [-0.2, -0.15) is 0 Å². The minimum absolute atomic E-state index is 0.100. The van der Waals surface area contributed by atoms with Gasteiger partial charge >= 0.3 is 0 Å². The van der Waals surface area contributed by atoms with E-state index in [1.165, 1.54) is 23.5 Å². The Bertz CT molecular complexity index is 1100. The summed E-state index contributed by atoms with van der Waals surface area (Å²) in [6.45, 7) is 1.45. The zero-order chi connectivity index (χ0) is 21.0. The molecule has 1 atom stereocenters. The minimum atomic E-state index is -3.69. The highest BCUT2D eigenvalue weighted by atomic mass is 32.2. The van der Waals surface area contributed by atoms with Crippen molar-refractivity contribution in [3.8, 4) is 0 Å². The summed E-state index contributed by atoms with van der Waals surface area (Å²) >= 11 is 1.49. The average Bonchev–Trinajstić information content (AvgIpc) is 3.45. The van der Waals surface area contributed by atoms with Crippen molar-refractivity contribution < 1.29 is 13.2 Å². The van der Waals surface area contributed by atoms with Crippen molar-refractivity contribution in [2.75, 3.05) is 18.4 Å². The molecule has 30 heavy (non-hydrogen) atoms. The standard InChI is InChI=1S/C22H23N3O3S2/c26-22(25-12-11-19(16-25)24-18-7-2-1-3-8-18)17-6-4-10-21(14-17)30(27,28)23-15-20-9-5-13-29-20/h1-10,13-14,19,23-24H,11-12,15-16H2. The molecular weight excluding hydrogens is 418 g/mol. The van der Waals surface area contributed by atoms with E-state index in [0.717, 1.165) is 17.0 Å². The summed E-state index contributed by atoms with van der Waals surface area (Å²) < 4.78 is 27.9. The van der Waals surface area contributed by atoms with Crippen molar-refractivity contribution >= 4 is 33.0 Å². The summed E-state index contributed by atoms with van der Waals surface area (Å²) in [6, 6.07) is 20.1. The number of anilines is 1. The Balaban J connectivity index is 1.41. The molecule has 2 heterocycles. The Morgan fingerprint density at radius 1 is 1.07 bits per heavy atom. The fourth-order valence-electron chi connectivity index (χ4n) is 3.47. The SMILES string of the molecule is O=C(c1cccc(S(=O)(=O)NCc2cccs2)c1)N1CCC(Nc2ccccc2)C1. The van der Waals surface area contributed by atoms with E-state index in [0.29, 0.717) is 18.7 Å². The maximum absolute atomic E-state index is 13.0. The molecule has 0 spiro atoms. The van der Waals surface area contributed by atoms with Crippen LogP contribution < -0.4 is 10.0 Å². The predicted molar refractivity (Wildman–Crippen MR) is 119 cm³/mol. The number of carbonyl (C=O) groups is 1. The van der Waals surface area contributed by atoms with Crippen molar-refractivity contribution in [3.05, 3.63) is 82.6 Å². The third-order valence-corrected chi connectivity index (χ3v) is 7.30. The first kappa shape index (κ1) is 20.6. The second-order valence-electron chi connectivity index (χ2n) is 7.18. The van der Waals surface area contributed by atoms with Gasteiger partial charge in [-0.05, 0) is 48.2 Å². The average molecular weight is 442 g/mol. The molecule has 0 saturated carbocycles. The molecule has 0 radical (unpaired) electrons. The van der Waals surface area contributed by atoms with Crippen LogP contribution in [0, 0.1) is 0 Å². The number of benzene rings is 2. The van der Waals surface area contributed by atoms with Crippen molar-refractivity contribution in [2.24, 2.45) is 0 Å². The first-order valence-corrected chi connectivity index (χ1v) is 12.1. The highest BCUT2D eigenvalue weighted by molar-refractivity contribution is 7.89. The van der Waals surface area contributed by atoms with Crippen LogP contribution in [0.2, 0.25) is 0 Å². The number of hydrogen-bond acceptors (Lipinski definition) is 5. The fourth-order valence-corrected chi connectivity index (χ4v) is 5.26. The molecule has 2 N–H and O–H groups in total. The summed E-state index contributed by atoms with van der Waals surface area (Å²) in [5.74, 6) is -0.150. The van der Waals surface area contributed by atoms with E-state index in [1.807, 2.05) is 47.8 Å². The lowest BCUT2D eigenvalue weighted by molar-refractivity contribution is 0.0791. The smallest absolute Gasteiger partial charge is 0.253 e. The molecule has 1 fully saturated rings. The quantitative estimate of drug-likeness (QED) is 0.588. The number of sulfonamides is 1. The zero-order valence-corrected chi connectivity index (χ0v) is 18.0. The molecule has 1 aromatic heterocycles. The molecule has 1 unspecified atom stereocenters. The number of likely N-dealkylation sites (tertiary alicyclic amines) is 1. The van der Waals surface area contributed by atoms with Gasteiger partial charge in [0.25, 0.3) is 5.91 Å². The van der Waals surface area contributed by atoms with Crippen LogP contribution >= 0.6 is 11.3 Å². The lowest BCUT2D eigenvalue weighted by atomic mass is 10.2. The number of amides is 1. The van der Waals surface area contributed by atoms with Gasteiger partial charge in [-0.1, -0.05) is 30.3 Å². The second kappa shape index (κ2) is 8.99. The van der Waals surface area contributed by atoms with Gasteiger partial charge in [0.05, 0.1) is 4.90 Å². The van der Waals surface area contributed by atoms with Gasteiger partial charge in [0.1, 0.15) is 0 Å². The molecule has 4 rings (SSSR count). The normalized spacial score (nSPS) is 16.5. The van der Waals surface area contributed by atoms with Gasteiger partial charge in [0.2, 0.25) is 10.0 Å². The van der Waals surface area contributed by atoms with E-state index in [2.05, 4.69) is 10.0 Å². The highest BCUT2D eigenvalue weighted by Gasteiger charge is 2.27. The van der Waals surface area contributed by atoms with E-state index in [1.54, 1.807) is 17.0 Å². The molecule has 2 aromatic carbocycles. The van der Waals surface area contributed by atoms with Crippen LogP contribution in [0.5, 0.6) is 0 Å². The van der Waals surface area contributed by atoms with E-state index >= 15 is 0 Å². The lowest BCUT2D eigenvalue weighted by Crippen LogP contribution is -2.31. The summed E-state index contributed by atoms with van der Waals surface area (Å²) in [4.78, 5) is 15.8. The largest absolute Gasteiger partial charge is 0.380 e. The Morgan fingerprint density at radius 3 is 2.67 bits per heavy atom. The Hall–Kier alpha value is -2.68. The summed E-state index contributed by atoms with van der Waals surface area (Å²) in [5, 5.41) is 5.35. The van der Waals surface area contributed by atoms with Gasteiger partial charge in [-0.25, -0.2) is 13.1 Å². The number of nitrogens with zero attached hydrogens (tertiary/aromatic N) is 1. The molecule has 0 aliphatic carbocycles. The van der Waals surface area contributed by atoms with Crippen LogP contribution in [0.15, 0.2) is 77.0 Å². The monoisotopic (exact) mass is 441 g/mol. The minimum Gasteiger partial charge on any atom is -0.380 e. The molecule has 0 bridgehead atoms. The molecule has 3 aromatic rings. The van der Waals surface area contributed by atoms with Gasteiger partial charge in [0.15, 0.2) is 0 Å². The first-order chi connectivity index (χ1) is 14.5. The molecule has 8 heteroatoms. The van der Waals surface area contributed by atoms with E-state index in [-0.39, 0.29) is 23.4 Å². The third-order valence-electron chi connectivity index (χ3n) is 5.03. The lowest BCUT2D eigenvalue weighted by Gasteiger charge is -2.18. The van der Waals surface area contributed by atoms with Gasteiger partial charge in [-0.3, -0.25) is 4.79 Å². The van der Waals surface area contributed by atoms with Gasteiger partial charge < -0.3 is 10.2 Å². The number of thiophene rings is 1. The van der Waals surface area contributed by atoms with Crippen molar-refractivity contribution in [2.45, 2.75) is 23.9 Å². The maximum Gasteiger partial charge on any atom is 0.253 e. The topological polar surface area (TPSA) is 78.5 Å². The Labute approximate surface area is 180 Å². The van der Waals surface area contributed by atoms with E-state index < -0.39 is 10.0 Å². The summed E-state index contributed by atoms with van der Waals surface area (Å²) in [7, 11) is -3.69. The Morgan fingerprint density at radius 2 is 1.90 bits per heavy atom. The predicted octanol–water partition coefficient (Wildman–Crippen LogP) is 3.55. The van der Waals surface area contributed by atoms with Crippen LogP contribution in [-0.4, -0.2) is 38.4 Å². The molecule has 1 aliphatic rings. The molecule has 156 valence electrons. The summed E-state index contributed by atoms with van der Waals surface area (Å²) in [6.07, 6.45) is 0.848. The van der Waals surface area contributed by atoms with Gasteiger partial charge in [-0.15, -0.1) is 11.3 Å². The number of para-hydroxylation sites is 1. The fraction of sp³-hybridized carbons (Fsp3) is 0.227. The number of nitrogens with one attached hydrogen (secondary N) is 2. The zero-order valence-electron chi connectivity index (χ0n) is 16.3. The molecular formula is C22H23N3O3S2. The number of carbonyl (C=O) groups excluding carboxylic acids is 1. The molecule has 1 aliphatic heterocycles. The number of rotatable bonds is 7. The van der Waals surface area contributed by atoms with Crippen molar-refractivity contribution in [1.82, 2.24) is 9.62 Å².